The molecular formula is C6H13ClN2O3S. The quantitative estimate of drug-likeness (QED) is 0.466. The van der Waals surface area contributed by atoms with Gasteiger partial charge in [-0.2, -0.15) is 0 Å². The van der Waals surface area contributed by atoms with Gasteiger partial charge in [-0.3, -0.25) is 4.79 Å². The van der Waals surface area contributed by atoms with Gasteiger partial charge in [0.1, 0.15) is 0 Å². The maximum absolute atomic E-state index is 10.8. The Balaban J connectivity index is 3.41. The van der Waals surface area contributed by atoms with Crippen LogP contribution in [0.1, 0.15) is 6.42 Å². The Morgan fingerprint density at radius 1 is 1.38 bits per heavy atom. The summed E-state index contributed by atoms with van der Waals surface area (Å²) in [6.45, 7) is 0.482. The molecule has 0 saturated carbocycles. The van der Waals surface area contributed by atoms with E-state index in [4.69, 9.17) is 11.6 Å². The minimum Gasteiger partial charge on any atom is -0.355 e. The van der Waals surface area contributed by atoms with E-state index in [0.29, 0.717) is 0 Å². The van der Waals surface area contributed by atoms with E-state index >= 15 is 0 Å². The monoisotopic (exact) mass is 228 g/mol. The molecule has 0 aliphatic heterocycles. The molecule has 0 aliphatic carbocycles. The molecule has 0 heterocycles. The Morgan fingerprint density at radius 2 is 2.00 bits per heavy atom. The smallest absolute Gasteiger partial charge is 0.221 e. The molecule has 0 fully saturated rings. The first-order valence-corrected chi connectivity index (χ1v) is 6.15. The Morgan fingerprint density at radius 3 is 2.46 bits per heavy atom. The summed E-state index contributed by atoms with van der Waals surface area (Å²) in [5, 5.41) is 2.51. The van der Waals surface area contributed by atoms with Crippen molar-refractivity contribution < 1.29 is 13.2 Å². The maximum Gasteiger partial charge on any atom is 0.221 e. The van der Waals surface area contributed by atoms with Crippen LogP contribution in [0.25, 0.3) is 0 Å². The van der Waals surface area contributed by atoms with Crippen molar-refractivity contribution in [2.75, 3.05) is 25.2 Å². The van der Waals surface area contributed by atoms with Crippen molar-refractivity contribution in [3.8, 4) is 0 Å². The van der Waals surface area contributed by atoms with Gasteiger partial charge in [-0.1, -0.05) is 0 Å². The molecule has 0 radical (unpaired) electrons. The van der Waals surface area contributed by atoms with Crippen LogP contribution >= 0.6 is 11.6 Å². The Bertz CT molecular complexity index is 253. The highest BCUT2D eigenvalue weighted by Gasteiger charge is 2.01. The molecule has 0 aliphatic rings. The van der Waals surface area contributed by atoms with Crippen molar-refractivity contribution in [3.05, 3.63) is 0 Å². The number of halogens is 1. The van der Waals surface area contributed by atoms with Crippen LogP contribution in [0.3, 0.4) is 0 Å². The normalized spacial score (nSPS) is 11.2. The molecule has 0 aromatic carbocycles. The van der Waals surface area contributed by atoms with E-state index < -0.39 is 10.0 Å². The Labute approximate surface area is 82.9 Å². The molecular weight excluding hydrogens is 216 g/mol. The molecule has 78 valence electrons. The zero-order valence-electron chi connectivity index (χ0n) is 7.34. The molecule has 0 aromatic rings. The average Bonchev–Trinajstić information content (AvgIpc) is 1.97. The van der Waals surface area contributed by atoms with E-state index in [0.717, 1.165) is 6.26 Å². The predicted molar refractivity (Wildman–Crippen MR) is 51.2 cm³/mol. The first kappa shape index (κ1) is 12.7. The zero-order chi connectivity index (χ0) is 10.3. The Kier molecular flexibility index (Phi) is 6.02. The summed E-state index contributed by atoms with van der Waals surface area (Å²) in [6.07, 6.45) is 1.31. The summed E-state index contributed by atoms with van der Waals surface area (Å²) in [5.41, 5.74) is 0. The lowest BCUT2D eigenvalue weighted by Gasteiger charge is -2.03. The Hall–Kier alpha value is -0.330. The molecule has 0 saturated heterocycles. The first-order chi connectivity index (χ1) is 5.95. The number of hydrogen-bond acceptors (Lipinski definition) is 3. The lowest BCUT2D eigenvalue weighted by atomic mass is 10.4. The van der Waals surface area contributed by atoms with Crippen molar-refractivity contribution in [1.82, 2.24) is 10.0 Å². The van der Waals surface area contributed by atoms with E-state index in [1.807, 2.05) is 0 Å². The van der Waals surface area contributed by atoms with Crippen molar-refractivity contribution in [2.24, 2.45) is 0 Å². The summed E-state index contributed by atoms with van der Waals surface area (Å²) >= 11 is 5.31. The number of nitrogens with one attached hydrogen (secondary N) is 2. The zero-order valence-corrected chi connectivity index (χ0v) is 8.91. The number of sulfonamides is 1. The van der Waals surface area contributed by atoms with Crippen molar-refractivity contribution in [2.45, 2.75) is 6.42 Å². The third kappa shape index (κ3) is 9.59. The molecule has 13 heavy (non-hydrogen) atoms. The topological polar surface area (TPSA) is 75.3 Å². The highest BCUT2D eigenvalue weighted by atomic mass is 35.5. The summed E-state index contributed by atoms with van der Waals surface area (Å²) < 4.78 is 23.4. The number of amides is 1. The average molecular weight is 229 g/mol. The van der Waals surface area contributed by atoms with Gasteiger partial charge in [-0.05, 0) is 0 Å². The standard InChI is InChI=1S/C6H13ClN2O3S/c1-13(11,12)9-5-4-8-6(10)2-3-7/h9H,2-5H2,1H3,(H,8,10). The van der Waals surface area contributed by atoms with E-state index in [1.165, 1.54) is 0 Å². The van der Waals surface area contributed by atoms with Gasteiger partial charge in [0.15, 0.2) is 0 Å². The van der Waals surface area contributed by atoms with Crippen molar-refractivity contribution >= 4 is 27.5 Å². The second-order valence-corrected chi connectivity index (χ2v) is 4.67. The number of carbonyl (C=O) groups excluding carboxylic acids is 1. The van der Waals surface area contributed by atoms with Gasteiger partial charge in [0.25, 0.3) is 0 Å². The molecule has 0 rings (SSSR count). The van der Waals surface area contributed by atoms with Gasteiger partial charge in [0, 0.05) is 25.4 Å². The first-order valence-electron chi connectivity index (χ1n) is 3.73. The summed E-state index contributed by atoms with van der Waals surface area (Å²) in [5.74, 6) is 0.0935. The molecule has 0 atom stereocenters. The second kappa shape index (κ2) is 6.17. The van der Waals surface area contributed by atoms with E-state index in [1.54, 1.807) is 0 Å². The largest absolute Gasteiger partial charge is 0.355 e. The molecule has 0 spiro atoms. The van der Waals surface area contributed by atoms with Crippen LogP contribution in [0.15, 0.2) is 0 Å². The van der Waals surface area contributed by atoms with Gasteiger partial charge in [0.2, 0.25) is 15.9 Å². The molecule has 5 nitrogen and oxygen atoms in total. The molecule has 1 amide bonds. The molecule has 0 bridgehead atoms. The third-order valence-corrected chi connectivity index (χ3v) is 2.05. The number of carbonyl (C=O) groups is 1. The van der Waals surface area contributed by atoms with Crippen molar-refractivity contribution in [1.29, 1.82) is 0 Å². The number of rotatable bonds is 6. The lowest BCUT2D eigenvalue weighted by molar-refractivity contribution is -0.120. The van der Waals surface area contributed by atoms with Crippen LogP contribution in [-0.2, 0) is 14.8 Å². The fourth-order valence-corrected chi connectivity index (χ4v) is 1.26. The summed E-state index contributed by atoms with van der Waals surface area (Å²) in [4.78, 5) is 10.8. The van der Waals surface area contributed by atoms with E-state index in [2.05, 4.69) is 10.0 Å². The van der Waals surface area contributed by atoms with Crippen LogP contribution < -0.4 is 10.0 Å². The predicted octanol–water partition coefficient (Wildman–Crippen LogP) is -0.719. The van der Waals surface area contributed by atoms with Crippen LogP contribution in [-0.4, -0.2) is 39.6 Å². The van der Waals surface area contributed by atoms with Crippen LogP contribution in [0.4, 0.5) is 0 Å². The third-order valence-electron chi connectivity index (χ3n) is 1.13. The van der Waals surface area contributed by atoms with Crippen LogP contribution in [0.5, 0.6) is 0 Å². The SMILES string of the molecule is CS(=O)(=O)NCCNC(=O)CCCl. The minimum absolute atomic E-state index is 0.176. The maximum atomic E-state index is 10.8. The summed E-state index contributed by atoms with van der Waals surface area (Å²) in [7, 11) is -3.16. The summed E-state index contributed by atoms with van der Waals surface area (Å²) in [6, 6.07) is 0. The molecule has 0 aromatic heterocycles. The second-order valence-electron chi connectivity index (χ2n) is 2.46. The molecule has 2 N–H and O–H groups in total. The van der Waals surface area contributed by atoms with Gasteiger partial charge < -0.3 is 5.32 Å². The van der Waals surface area contributed by atoms with E-state index in [9.17, 15) is 13.2 Å². The van der Waals surface area contributed by atoms with Gasteiger partial charge in [-0.25, -0.2) is 13.1 Å². The van der Waals surface area contributed by atoms with Crippen LogP contribution in [0, 0.1) is 0 Å². The van der Waals surface area contributed by atoms with Gasteiger partial charge >= 0.3 is 0 Å². The van der Waals surface area contributed by atoms with Crippen LogP contribution in [0.2, 0.25) is 0 Å². The fourth-order valence-electron chi connectivity index (χ4n) is 0.613. The highest BCUT2D eigenvalue weighted by molar-refractivity contribution is 7.88. The van der Waals surface area contributed by atoms with Gasteiger partial charge in [-0.15, -0.1) is 11.6 Å². The lowest BCUT2D eigenvalue weighted by Crippen LogP contribution is -2.34. The molecule has 7 heteroatoms. The molecule has 0 unspecified atom stereocenters. The van der Waals surface area contributed by atoms with Gasteiger partial charge in [0.05, 0.1) is 6.26 Å². The fraction of sp³-hybridized carbons (Fsp3) is 0.833. The minimum atomic E-state index is -3.16. The van der Waals surface area contributed by atoms with Crippen molar-refractivity contribution in [3.63, 3.8) is 0 Å². The highest BCUT2D eigenvalue weighted by Crippen LogP contribution is 1.82. The van der Waals surface area contributed by atoms with E-state index in [-0.39, 0.29) is 31.3 Å². The number of hydrogen-bond donors (Lipinski definition) is 2. The number of alkyl halides is 1.